The molecule has 0 radical (unpaired) electrons. The summed E-state index contributed by atoms with van der Waals surface area (Å²) < 4.78 is 5.09. The summed E-state index contributed by atoms with van der Waals surface area (Å²) in [5, 5.41) is 30.4. The zero-order valence-corrected chi connectivity index (χ0v) is 21.2. The summed E-state index contributed by atoms with van der Waals surface area (Å²) >= 11 is 0. The Balaban J connectivity index is 0. The van der Waals surface area contributed by atoms with Gasteiger partial charge < -0.3 is 29.6 Å². The van der Waals surface area contributed by atoms with Crippen molar-refractivity contribution in [3.63, 3.8) is 0 Å². The summed E-state index contributed by atoms with van der Waals surface area (Å²) in [5.74, 6) is -4.79. The number of carboxylic acid groups (broad SMARTS) is 3. The third-order valence-electron chi connectivity index (χ3n) is 3.65. The number of hydrogen-bond donors (Lipinski definition) is 1. The van der Waals surface area contributed by atoms with E-state index in [0.29, 0.717) is 6.42 Å². The summed E-state index contributed by atoms with van der Waals surface area (Å²) in [5.41, 5.74) is 0.980. The molecule has 30 heavy (non-hydrogen) atoms. The molecule has 10 nitrogen and oxygen atoms in total. The predicted molar refractivity (Wildman–Crippen MR) is 91.6 cm³/mol. The molecule has 0 aliphatic carbocycles. The van der Waals surface area contributed by atoms with E-state index in [9.17, 15) is 29.4 Å². The first-order chi connectivity index (χ1) is 13.3. The Bertz CT molecular complexity index is 659. The topological polar surface area (TPSA) is 150 Å². The SMILES string of the molecule is O=C([O-])CN(CCN(CC(=O)[O-])CC(=O)OCCc1ccccc1)CC(=O)O.[Na+].[Na+]. The van der Waals surface area contributed by atoms with Gasteiger partial charge in [-0.15, -0.1) is 0 Å². The van der Waals surface area contributed by atoms with Crippen LogP contribution in [-0.2, 0) is 30.3 Å². The molecule has 154 valence electrons. The first-order valence-corrected chi connectivity index (χ1v) is 8.52. The molecule has 1 rings (SSSR count). The largest absolute Gasteiger partial charge is 1.00 e. The molecule has 0 spiro atoms. The van der Waals surface area contributed by atoms with Gasteiger partial charge in [0.05, 0.1) is 31.6 Å². The minimum atomic E-state index is -1.46. The second kappa shape index (κ2) is 17.7. The summed E-state index contributed by atoms with van der Waals surface area (Å²) in [4.78, 5) is 46.5. The Morgan fingerprint density at radius 2 is 1.33 bits per heavy atom. The van der Waals surface area contributed by atoms with Crippen LogP contribution in [0.3, 0.4) is 0 Å². The zero-order chi connectivity index (χ0) is 20.9. The molecule has 12 heteroatoms. The van der Waals surface area contributed by atoms with Crippen molar-refractivity contribution in [3.05, 3.63) is 35.9 Å². The minimum Gasteiger partial charge on any atom is -0.549 e. The Morgan fingerprint density at radius 1 is 0.833 bits per heavy atom. The van der Waals surface area contributed by atoms with E-state index in [4.69, 9.17) is 9.84 Å². The first kappa shape index (κ1) is 31.2. The zero-order valence-electron chi connectivity index (χ0n) is 17.2. The molecule has 0 saturated carbocycles. The average molecular weight is 440 g/mol. The molecule has 0 fully saturated rings. The maximum atomic E-state index is 11.9. The van der Waals surface area contributed by atoms with E-state index in [-0.39, 0.29) is 85.4 Å². The van der Waals surface area contributed by atoms with E-state index in [1.54, 1.807) is 0 Å². The van der Waals surface area contributed by atoms with Gasteiger partial charge in [-0.2, -0.15) is 0 Å². The van der Waals surface area contributed by atoms with Gasteiger partial charge in [0, 0.05) is 32.6 Å². The second-order valence-corrected chi connectivity index (χ2v) is 6.02. The summed E-state index contributed by atoms with van der Waals surface area (Å²) in [7, 11) is 0. The maximum absolute atomic E-state index is 11.9. The van der Waals surface area contributed by atoms with E-state index in [0.717, 1.165) is 10.5 Å². The molecule has 0 atom stereocenters. The fourth-order valence-corrected chi connectivity index (χ4v) is 2.42. The van der Waals surface area contributed by atoms with Crippen molar-refractivity contribution in [2.24, 2.45) is 0 Å². The quantitative estimate of drug-likeness (QED) is 0.218. The molecule has 0 bridgehead atoms. The molecule has 0 unspecified atom stereocenters. The Morgan fingerprint density at radius 3 is 1.80 bits per heavy atom. The van der Waals surface area contributed by atoms with Crippen LogP contribution in [0.25, 0.3) is 0 Å². The van der Waals surface area contributed by atoms with Crippen molar-refractivity contribution in [2.45, 2.75) is 6.42 Å². The van der Waals surface area contributed by atoms with Gasteiger partial charge >= 0.3 is 71.1 Å². The number of benzene rings is 1. The van der Waals surface area contributed by atoms with Crippen molar-refractivity contribution < 1.29 is 98.3 Å². The van der Waals surface area contributed by atoms with Crippen molar-refractivity contribution in [1.82, 2.24) is 9.80 Å². The number of rotatable bonds is 14. The van der Waals surface area contributed by atoms with Crippen molar-refractivity contribution in [1.29, 1.82) is 0 Å². The van der Waals surface area contributed by atoms with Crippen molar-refractivity contribution in [2.75, 3.05) is 45.9 Å². The normalized spacial score (nSPS) is 10.1. The van der Waals surface area contributed by atoms with Gasteiger partial charge in [0.1, 0.15) is 0 Å². The second-order valence-electron chi connectivity index (χ2n) is 6.02. The van der Waals surface area contributed by atoms with Crippen molar-refractivity contribution in [3.8, 4) is 0 Å². The molecular weight excluding hydrogens is 418 g/mol. The number of ether oxygens (including phenoxy) is 1. The number of esters is 1. The van der Waals surface area contributed by atoms with E-state index in [1.807, 2.05) is 30.3 Å². The molecule has 0 heterocycles. The summed E-state index contributed by atoms with van der Waals surface area (Å²) in [6.45, 7) is -2.17. The minimum absolute atomic E-state index is 0. The van der Waals surface area contributed by atoms with Crippen LogP contribution in [0.1, 0.15) is 5.56 Å². The third-order valence-corrected chi connectivity index (χ3v) is 3.65. The van der Waals surface area contributed by atoms with E-state index < -0.39 is 43.5 Å². The molecule has 1 N–H and O–H groups in total. The Labute approximate surface area is 218 Å². The fourth-order valence-electron chi connectivity index (χ4n) is 2.42. The molecular formula is C18H22N2Na2O8. The Kier molecular flexibility index (Phi) is 18.4. The Hall–Kier alpha value is -0.980. The van der Waals surface area contributed by atoms with E-state index in [2.05, 4.69) is 0 Å². The number of carbonyl (C=O) groups excluding carboxylic acids is 3. The van der Waals surface area contributed by atoms with Gasteiger partial charge in [-0.1, -0.05) is 30.3 Å². The summed E-state index contributed by atoms with van der Waals surface area (Å²) in [6.07, 6.45) is 0.505. The predicted octanol–water partition coefficient (Wildman–Crippen LogP) is -9.03. The van der Waals surface area contributed by atoms with Gasteiger partial charge in [-0.3, -0.25) is 19.4 Å². The van der Waals surface area contributed by atoms with Gasteiger partial charge in [0.25, 0.3) is 0 Å². The molecule has 0 saturated heterocycles. The van der Waals surface area contributed by atoms with Crippen LogP contribution >= 0.6 is 0 Å². The standard InChI is InChI=1S/C18H24N2O8.2Na/c21-15(22)10-19(11-16(23)24)7-8-20(12-17(25)26)13-18(27)28-9-6-14-4-2-1-3-5-14;;/h1-5H,6-13H2,(H,21,22)(H,23,24)(H,25,26);;/q;2*+1/p-2. The molecule has 0 aliphatic rings. The fraction of sp³-hybridized carbons (Fsp3) is 0.444. The molecule has 0 amide bonds. The van der Waals surface area contributed by atoms with Crippen LogP contribution in [0.2, 0.25) is 0 Å². The van der Waals surface area contributed by atoms with Gasteiger partial charge in [-0.25, -0.2) is 0 Å². The first-order valence-electron chi connectivity index (χ1n) is 8.52. The average Bonchev–Trinajstić information content (AvgIpc) is 2.59. The third kappa shape index (κ3) is 15.8. The van der Waals surface area contributed by atoms with Crippen LogP contribution in [0.4, 0.5) is 0 Å². The van der Waals surface area contributed by atoms with Gasteiger partial charge in [0.15, 0.2) is 0 Å². The molecule has 0 aromatic heterocycles. The molecule has 1 aromatic carbocycles. The number of carbonyl (C=O) groups is 4. The number of nitrogens with zero attached hydrogens (tertiary/aromatic N) is 2. The summed E-state index contributed by atoms with van der Waals surface area (Å²) in [6, 6.07) is 9.33. The van der Waals surface area contributed by atoms with Gasteiger partial charge in [-0.05, 0) is 5.56 Å². The molecule has 1 aromatic rings. The molecule has 0 aliphatic heterocycles. The van der Waals surface area contributed by atoms with Crippen molar-refractivity contribution >= 4 is 23.9 Å². The van der Waals surface area contributed by atoms with Gasteiger partial charge in [0.2, 0.25) is 0 Å². The monoisotopic (exact) mass is 440 g/mol. The van der Waals surface area contributed by atoms with Crippen LogP contribution in [0, 0.1) is 0 Å². The smallest absolute Gasteiger partial charge is 0.549 e. The van der Waals surface area contributed by atoms with E-state index in [1.165, 1.54) is 4.90 Å². The number of carboxylic acids is 3. The van der Waals surface area contributed by atoms with Crippen LogP contribution < -0.4 is 69.3 Å². The number of hydrogen-bond acceptors (Lipinski definition) is 9. The van der Waals surface area contributed by atoms with Crippen LogP contribution in [0.15, 0.2) is 30.3 Å². The van der Waals surface area contributed by atoms with E-state index >= 15 is 0 Å². The maximum Gasteiger partial charge on any atom is 1.00 e. The van der Waals surface area contributed by atoms with Crippen LogP contribution in [0.5, 0.6) is 0 Å². The number of aliphatic carboxylic acids is 3. The van der Waals surface area contributed by atoms with Crippen LogP contribution in [-0.4, -0.2) is 84.7 Å².